The molecule has 5 nitrogen and oxygen atoms in total. The molecule has 2 aliphatic rings. The van der Waals surface area contributed by atoms with Gasteiger partial charge in [0.05, 0.1) is 0 Å². The number of carbonyl (C=O) groups is 2. The van der Waals surface area contributed by atoms with E-state index in [1.165, 1.54) is 12.8 Å². The molecule has 0 aliphatic carbocycles. The maximum Gasteiger partial charge on any atom is 0.227 e. The van der Waals surface area contributed by atoms with Crippen molar-refractivity contribution in [1.82, 2.24) is 5.32 Å². The second-order valence-electron chi connectivity index (χ2n) is 6.48. The fourth-order valence-electron chi connectivity index (χ4n) is 3.40. The van der Waals surface area contributed by atoms with Crippen LogP contribution in [0.4, 0.5) is 11.4 Å². The van der Waals surface area contributed by atoms with Crippen molar-refractivity contribution < 1.29 is 9.59 Å². The van der Waals surface area contributed by atoms with Gasteiger partial charge in [0.1, 0.15) is 0 Å². The van der Waals surface area contributed by atoms with Gasteiger partial charge < -0.3 is 15.5 Å². The molecule has 1 aromatic carbocycles. The number of benzene rings is 1. The Hall–Kier alpha value is -1.88. The van der Waals surface area contributed by atoms with E-state index >= 15 is 0 Å². The van der Waals surface area contributed by atoms with E-state index in [1.54, 1.807) is 4.90 Å². The lowest BCUT2D eigenvalue weighted by molar-refractivity contribution is -0.117. The molecule has 0 aromatic heterocycles. The molecular weight excluding hydrogens is 290 g/mol. The largest absolute Gasteiger partial charge is 0.326 e. The molecule has 0 unspecified atom stereocenters. The van der Waals surface area contributed by atoms with E-state index in [-0.39, 0.29) is 11.8 Å². The summed E-state index contributed by atoms with van der Waals surface area (Å²) in [6.07, 6.45) is 5.38. The predicted molar refractivity (Wildman–Crippen MR) is 91.5 cm³/mol. The summed E-state index contributed by atoms with van der Waals surface area (Å²) in [6.45, 7) is 2.91. The Morgan fingerprint density at radius 3 is 2.87 bits per heavy atom. The van der Waals surface area contributed by atoms with Gasteiger partial charge in [-0.3, -0.25) is 9.59 Å². The number of amides is 2. The molecule has 0 spiro atoms. The molecule has 23 heavy (non-hydrogen) atoms. The van der Waals surface area contributed by atoms with Crippen LogP contribution in [0, 0.1) is 5.92 Å². The van der Waals surface area contributed by atoms with Crippen molar-refractivity contribution in [3.05, 3.63) is 24.3 Å². The fraction of sp³-hybridized carbons (Fsp3) is 0.556. The molecule has 2 fully saturated rings. The van der Waals surface area contributed by atoms with E-state index in [2.05, 4.69) is 10.6 Å². The number of piperidine rings is 1. The van der Waals surface area contributed by atoms with Crippen LogP contribution in [-0.2, 0) is 9.59 Å². The molecule has 0 saturated carbocycles. The highest BCUT2D eigenvalue weighted by Gasteiger charge is 2.22. The first-order valence-corrected chi connectivity index (χ1v) is 8.63. The number of nitrogens with one attached hydrogen (secondary N) is 2. The van der Waals surface area contributed by atoms with Crippen LogP contribution < -0.4 is 15.5 Å². The SMILES string of the molecule is O=C(CCC1CCNCC1)Nc1cccc(N2CCCC2=O)c1. The molecule has 0 atom stereocenters. The van der Waals surface area contributed by atoms with Crippen LogP contribution >= 0.6 is 0 Å². The van der Waals surface area contributed by atoms with Crippen molar-refractivity contribution in [3.8, 4) is 0 Å². The van der Waals surface area contributed by atoms with Crippen LogP contribution in [0.15, 0.2) is 24.3 Å². The minimum atomic E-state index is 0.0634. The fourth-order valence-corrected chi connectivity index (χ4v) is 3.40. The van der Waals surface area contributed by atoms with E-state index in [0.29, 0.717) is 18.8 Å². The first-order chi connectivity index (χ1) is 11.2. The average Bonchev–Trinajstić information content (AvgIpc) is 3.00. The van der Waals surface area contributed by atoms with E-state index < -0.39 is 0 Å². The third-order valence-corrected chi connectivity index (χ3v) is 4.75. The molecule has 2 N–H and O–H groups in total. The topological polar surface area (TPSA) is 61.4 Å². The molecule has 1 aromatic rings. The normalized spacial score (nSPS) is 19.1. The second-order valence-corrected chi connectivity index (χ2v) is 6.48. The van der Waals surface area contributed by atoms with Gasteiger partial charge in [0.25, 0.3) is 0 Å². The summed E-state index contributed by atoms with van der Waals surface area (Å²) in [7, 11) is 0. The van der Waals surface area contributed by atoms with Crippen LogP contribution in [0.2, 0.25) is 0 Å². The maximum absolute atomic E-state index is 12.1. The average molecular weight is 315 g/mol. The van der Waals surface area contributed by atoms with Gasteiger partial charge in [-0.1, -0.05) is 6.07 Å². The van der Waals surface area contributed by atoms with Crippen LogP contribution in [0.5, 0.6) is 0 Å². The zero-order valence-corrected chi connectivity index (χ0v) is 13.5. The minimum absolute atomic E-state index is 0.0634. The van der Waals surface area contributed by atoms with Crippen molar-refractivity contribution in [3.63, 3.8) is 0 Å². The Morgan fingerprint density at radius 1 is 1.30 bits per heavy atom. The zero-order chi connectivity index (χ0) is 16.1. The van der Waals surface area contributed by atoms with Crippen molar-refractivity contribution >= 4 is 23.2 Å². The molecular formula is C18H25N3O2. The summed E-state index contributed by atoms with van der Waals surface area (Å²) < 4.78 is 0. The highest BCUT2D eigenvalue weighted by molar-refractivity contribution is 5.97. The zero-order valence-electron chi connectivity index (χ0n) is 13.5. The first-order valence-electron chi connectivity index (χ1n) is 8.63. The number of hydrogen-bond donors (Lipinski definition) is 2. The monoisotopic (exact) mass is 315 g/mol. The van der Waals surface area contributed by atoms with Crippen LogP contribution in [0.25, 0.3) is 0 Å². The molecule has 2 aliphatic heterocycles. The lowest BCUT2D eigenvalue weighted by Crippen LogP contribution is -2.28. The van der Waals surface area contributed by atoms with Gasteiger partial charge in [-0.2, -0.15) is 0 Å². The summed E-state index contributed by atoms with van der Waals surface area (Å²) in [5, 5.41) is 6.31. The lowest BCUT2D eigenvalue weighted by atomic mass is 9.93. The number of carbonyl (C=O) groups excluding carboxylic acids is 2. The number of nitrogens with zero attached hydrogens (tertiary/aromatic N) is 1. The molecule has 2 heterocycles. The number of anilines is 2. The van der Waals surface area contributed by atoms with Crippen molar-refractivity contribution in [2.24, 2.45) is 5.92 Å². The molecule has 124 valence electrons. The summed E-state index contributed by atoms with van der Waals surface area (Å²) >= 11 is 0. The number of hydrogen-bond acceptors (Lipinski definition) is 3. The predicted octanol–water partition coefficient (Wildman–Crippen LogP) is 2.53. The highest BCUT2D eigenvalue weighted by atomic mass is 16.2. The quantitative estimate of drug-likeness (QED) is 0.878. The molecule has 0 radical (unpaired) electrons. The number of rotatable bonds is 5. The Morgan fingerprint density at radius 2 is 2.13 bits per heavy atom. The minimum Gasteiger partial charge on any atom is -0.326 e. The Balaban J connectivity index is 1.52. The molecule has 3 rings (SSSR count). The van der Waals surface area contributed by atoms with Crippen molar-refractivity contribution in [2.45, 2.75) is 38.5 Å². The lowest BCUT2D eigenvalue weighted by Gasteiger charge is -2.22. The summed E-state index contributed by atoms with van der Waals surface area (Å²) in [6, 6.07) is 7.59. The smallest absolute Gasteiger partial charge is 0.227 e. The Labute approximate surface area is 137 Å². The van der Waals surface area contributed by atoms with Crippen molar-refractivity contribution in [2.75, 3.05) is 29.9 Å². The third kappa shape index (κ3) is 4.32. The van der Waals surface area contributed by atoms with Gasteiger partial charge >= 0.3 is 0 Å². The summed E-state index contributed by atoms with van der Waals surface area (Å²) in [5.74, 6) is 0.892. The van der Waals surface area contributed by atoms with Gasteiger partial charge in [0.15, 0.2) is 0 Å². The molecule has 0 bridgehead atoms. The van der Waals surface area contributed by atoms with E-state index in [4.69, 9.17) is 0 Å². The maximum atomic E-state index is 12.1. The summed E-state index contributed by atoms with van der Waals surface area (Å²) in [4.78, 5) is 25.8. The summed E-state index contributed by atoms with van der Waals surface area (Å²) in [5.41, 5.74) is 1.65. The Kier molecular flexibility index (Phi) is 5.28. The van der Waals surface area contributed by atoms with Gasteiger partial charge in [0, 0.05) is 30.8 Å². The van der Waals surface area contributed by atoms with Gasteiger partial charge in [-0.15, -0.1) is 0 Å². The van der Waals surface area contributed by atoms with Crippen LogP contribution in [0.1, 0.15) is 38.5 Å². The van der Waals surface area contributed by atoms with Crippen LogP contribution in [0.3, 0.4) is 0 Å². The van der Waals surface area contributed by atoms with Gasteiger partial charge in [-0.05, 0) is 62.9 Å². The Bertz CT molecular complexity index is 567. The van der Waals surface area contributed by atoms with Crippen LogP contribution in [-0.4, -0.2) is 31.4 Å². The standard InChI is InChI=1S/C18H25N3O2/c22-17(7-6-14-8-10-19-11-9-14)20-15-3-1-4-16(13-15)21-12-2-5-18(21)23/h1,3-4,13-14,19H,2,5-12H2,(H,20,22). The van der Waals surface area contributed by atoms with Gasteiger partial charge in [-0.25, -0.2) is 0 Å². The van der Waals surface area contributed by atoms with Crippen molar-refractivity contribution in [1.29, 1.82) is 0 Å². The third-order valence-electron chi connectivity index (χ3n) is 4.75. The van der Waals surface area contributed by atoms with E-state index in [0.717, 1.165) is 43.9 Å². The first kappa shape index (κ1) is 16.0. The molecule has 2 saturated heterocycles. The van der Waals surface area contributed by atoms with E-state index in [1.807, 2.05) is 24.3 Å². The molecule has 2 amide bonds. The molecule has 5 heteroatoms. The highest BCUT2D eigenvalue weighted by Crippen LogP contribution is 2.24. The second kappa shape index (κ2) is 7.59. The van der Waals surface area contributed by atoms with Gasteiger partial charge in [0.2, 0.25) is 11.8 Å². The van der Waals surface area contributed by atoms with E-state index in [9.17, 15) is 9.59 Å².